The second kappa shape index (κ2) is 27.5. The first-order chi connectivity index (χ1) is 18.3. The largest absolute Gasteiger partial charge is 0.462 e. The summed E-state index contributed by atoms with van der Waals surface area (Å²) < 4.78 is 10.5. The van der Waals surface area contributed by atoms with Crippen molar-refractivity contribution in [2.24, 2.45) is 11.8 Å². The summed E-state index contributed by atoms with van der Waals surface area (Å²) >= 11 is 0. The van der Waals surface area contributed by atoms with Crippen LogP contribution in [0.2, 0.25) is 0 Å². The van der Waals surface area contributed by atoms with Crippen molar-refractivity contribution in [2.45, 2.75) is 175 Å². The summed E-state index contributed by atoms with van der Waals surface area (Å²) in [6.07, 6.45) is 24.5. The Labute approximate surface area is 236 Å². The second-order valence-electron chi connectivity index (χ2n) is 12.2. The van der Waals surface area contributed by atoms with Gasteiger partial charge in [-0.25, -0.2) is 0 Å². The number of hydrogen-bond acceptors (Lipinski definition) is 5. The summed E-state index contributed by atoms with van der Waals surface area (Å²) in [6.45, 7) is 8.75. The number of hydrogen-bond donors (Lipinski definition) is 1. The molecule has 0 bridgehead atoms. The molecule has 0 aliphatic carbocycles. The average Bonchev–Trinajstić information content (AvgIpc) is 2.87. The lowest BCUT2D eigenvalue weighted by atomic mass is 10.0. The van der Waals surface area contributed by atoms with Crippen molar-refractivity contribution in [3.63, 3.8) is 0 Å². The predicted molar refractivity (Wildman–Crippen MR) is 159 cm³/mol. The van der Waals surface area contributed by atoms with Crippen molar-refractivity contribution in [3.8, 4) is 0 Å². The topological polar surface area (TPSA) is 72.8 Å². The molecule has 0 radical (unpaired) electrons. The Morgan fingerprint density at radius 1 is 0.526 bits per heavy atom. The van der Waals surface area contributed by atoms with Crippen molar-refractivity contribution in [1.29, 1.82) is 0 Å². The summed E-state index contributed by atoms with van der Waals surface area (Å²) in [7, 11) is 0. The molecule has 38 heavy (non-hydrogen) atoms. The molecule has 0 aromatic rings. The number of carbonyl (C=O) groups excluding carboxylic acids is 2. The number of aliphatic hydroxyl groups excluding tert-OH is 1. The van der Waals surface area contributed by atoms with Gasteiger partial charge in [-0.3, -0.25) is 9.59 Å². The molecule has 0 heterocycles. The van der Waals surface area contributed by atoms with Crippen molar-refractivity contribution >= 4 is 11.9 Å². The van der Waals surface area contributed by atoms with Gasteiger partial charge in [0.05, 0.1) is 6.61 Å². The highest BCUT2D eigenvalue weighted by molar-refractivity contribution is 5.70. The van der Waals surface area contributed by atoms with Crippen LogP contribution in [-0.2, 0) is 19.1 Å². The minimum atomic E-state index is -0.761. The first-order valence-corrected chi connectivity index (χ1v) is 16.3. The third-order valence-corrected chi connectivity index (χ3v) is 7.26. The molecule has 0 fully saturated rings. The van der Waals surface area contributed by atoms with E-state index in [1.54, 1.807) is 0 Å². The Morgan fingerprint density at radius 3 is 1.24 bits per heavy atom. The number of rotatable bonds is 28. The van der Waals surface area contributed by atoms with E-state index in [4.69, 9.17) is 9.47 Å². The minimum Gasteiger partial charge on any atom is -0.462 e. The lowest BCUT2D eigenvalue weighted by Crippen LogP contribution is -2.28. The summed E-state index contributed by atoms with van der Waals surface area (Å²) in [5.74, 6) is 1.04. The van der Waals surface area contributed by atoms with E-state index in [0.29, 0.717) is 12.8 Å². The molecular weight excluding hydrogens is 476 g/mol. The van der Waals surface area contributed by atoms with Crippen LogP contribution in [-0.4, -0.2) is 36.4 Å². The summed E-state index contributed by atoms with van der Waals surface area (Å²) in [5, 5.41) is 9.48. The zero-order chi connectivity index (χ0) is 28.3. The van der Waals surface area contributed by atoms with Gasteiger partial charge in [0.2, 0.25) is 0 Å². The van der Waals surface area contributed by atoms with Crippen molar-refractivity contribution in [3.05, 3.63) is 0 Å². The van der Waals surface area contributed by atoms with Crippen molar-refractivity contribution in [1.82, 2.24) is 0 Å². The van der Waals surface area contributed by atoms with Crippen LogP contribution in [0.1, 0.15) is 169 Å². The van der Waals surface area contributed by atoms with Gasteiger partial charge in [0.15, 0.2) is 6.10 Å². The van der Waals surface area contributed by atoms with E-state index in [9.17, 15) is 14.7 Å². The van der Waals surface area contributed by atoms with Gasteiger partial charge in [0.1, 0.15) is 6.61 Å². The van der Waals surface area contributed by atoms with Gasteiger partial charge in [-0.1, -0.05) is 143 Å². The molecule has 0 aliphatic rings. The molecule has 0 saturated carbocycles. The van der Waals surface area contributed by atoms with Crippen molar-refractivity contribution < 1.29 is 24.2 Å². The molecule has 0 aliphatic heterocycles. The van der Waals surface area contributed by atoms with Crippen LogP contribution < -0.4 is 0 Å². The normalized spacial score (nSPS) is 12.3. The third-order valence-electron chi connectivity index (χ3n) is 7.26. The predicted octanol–water partition coefficient (Wildman–Crippen LogP) is 9.33. The Hall–Kier alpha value is -1.10. The van der Waals surface area contributed by atoms with Crippen LogP contribution in [0.4, 0.5) is 0 Å². The van der Waals surface area contributed by atoms with E-state index in [1.807, 2.05) is 0 Å². The number of esters is 2. The molecule has 1 N–H and O–H groups in total. The smallest absolute Gasteiger partial charge is 0.306 e. The van der Waals surface area contributed by atoms with E-state index < -0.39 is 6.10 Å². The Kier molecular flexibility index (Phi) is 26.7. The van der Waals surface area contributed by atoms with E-state index in [-0.39, 0.29) is 25.2 Å². The number of unbranched alkanes of at least 4 members (excludes halogenated alkanes) is 16. The third kappa shape index (κ3) is 27.9. The Morgan fingerprint density at radius 2 is 0.868 bits per heavy atom. The SMILES string of the molecule is CC(C)CCCCCCCCCCCCCC(=O)O[C@@H](CO)COC(=O)CCCCCCCCCC(C)C. The van der Waals surface area contributed by atoms with Crippen LogP contribution in [0.5, 0.6) is 0 Å². The first kappa shape index (κ1) is 36.9. The van der Waals surface area contributed by atoms with Crippen LogP contribution in [0, 0.1) is 11.8 Å². The van der Waals surface area contributed by atoms with E-state index in [2.05, 4.69) is 27.7 Å². The van der Waals surface area contributed by atoms with Gasteiger partial charge in [0, 0.05) is 12.8 Å². The fourth-order valence-electron chi connectivity index (χ4n) is 4.75. The summed E-state index contributed by atoms with van der Waals surface area (Å²) in [6, 6.07) is 0. The maximum atomic E-state index is 12.1. The highest BCUT2D eigenvalue weighted by atomic mass is 16.6. The van der Waals surface area contributed by atoms with E-state index in [0.717, 1.165) is 50.4 Å². The molecule has 0 saturated heterocycles. The maximum Gasteiger partial charge on any atom is 0.306 e. The zero-order valence-electron chi connectivity index (χ0n) is 25.8. The molecule has 5 nitrogen and oxygen atoms in total. The lowest BCUT2D eigenvalue weighted by Gasteiger charge is -2.15. The molecule has 0 aromatic heterocycles. The molecule has 0 amide bonds. The van der Waals surface area contributed by atoms with Gasteiger partial charge in [-0.05, 0) is 24.7 Å². The van der Waals surface area contributed by atoms with Crippen LogP contribution in [0.25, 0.3) is 0 Å². The van der Waals surface area contributed by atoms with Gasteiger partial charge < -0.3 is 14.6 Å². The Bertz CT molecular complexity index is 531. The quantitative estimate of drug-likeness (QED) is 0.0790. The molecule has 5 heteroatoms. The Balaban J connectivity index is 3.56. The van der Waals surface area contributed by atoms with Gasteiger partial charge in [-0.15, -0.1) is 0 Å². The van der Waals surface area contributed by atoms with Gasteiger partial charge in [-0.2, -0.15) is 0 Å². The fourth-order valence-corrected chi connectivity index (χ4v) is 4.75. The zero-order valence-corrected chi connectivity index (χ0v) is 25.8. The molecule has 0 aromatic carbocycles. The molecule has 0 unspecified atom stereocenters. The van der Waals surface area contributed by atoms with Gasteiger partial charge >= 0.3 is 11.9 Å². The van der Waals surface area contributed by atoms with E-state index in [1.165, 1.54) is 89.9 Å². The molecule has 0 spiro atoms. The standard InChI is InChI=1S/C33H64O5/c1-29(2)23-19-15-11-8-6-5-7-9-13-18-22-26-33(36)38-31(27-34)28-37-32(35)25-21-17-14-10-12-16-20-24-30(3)4/h29-31,34H,5-28H2,1-4H3/t31-/m0/s1. The lowest BCUT2D eigenvalue weighted by molar-refractivity contribution is -0.161. The van der Waals surface area contributed by atoms with Crippen LogP contribution in [0.3, 0.4) is 0 Å². The highest BCUT2D eigenvalue weighted by Gasteiger charge is 2.16. The summed E-state index contributed by atoms with van der Waals surface area (Å²) in [5.41, 5.74) is 0. The maximum absolute atomic E-state index is 12.1. The van der Waals surface area contributed by atoms with Crippen LogP contribution in [0.15, 0.2) is 0 Å². The van der Waals surface area contributed by atoms with E-state index >= 15 is 0 Å². The minimum absolute atomic E-state index is 0.0609. The number of carbonyl (C=O) groups is 2. The second-order valence-corrected chi connectivity index (χ2v) is 12.2. The molecule has 1 atom stereocenters. The van der Waals surface area contributed by atoms with Gasteiger partial charge in [0.25, 0.3) is 0 Å². The fraction of sp³-hybridized carbons (Fsp3) is 0.939. The van der Waals surface area contributed by atoms with Crippen LogP contribution >= 0.6 is 0 Å². The highest BCUT2D eigenvalue weighted by Crippen LogP contribution is 2.15. The van der Waals surface area contributed by atoms with Crippen molar-refractivity contribution in [2.75, 3.05) is 13.2 Å². The number of aliphatic hydroxyl groups is 1. The molecule has 0 rings (SSSR count). The monoisotopic (exact) mass is 540 g/mol. The summed E-state index contributed by atoms with van der Waals surface area (Å²) in [4.78, 5) is 24.0. The average molecular weight is 541 g/mol. The number of ether oxygens (including phenoxy) is 2. The molecular formula is C33H64O5. The molecule has 226 valence electrons. The first-order valence-electron chi connectivity index (χ1n) is 16.3.